The van der Waals surface area contributed by atoms with Crippen molar-refractivity contribution in [3.63, 3.8) is 0 Å². The van der Waals surface area contributed by atoms with Crippen LogP contribution in [0.25, 0.3) is 0 Å². The minimum atomic E-state index is -0.357. The standard InChI is InChI=1S/C14H26O4/c1-4-11-7-13(15)10(3)18-14(11)17-9(2)5-6-12-8-16-12/h9-15H,4-8H2,1-3H3/t9-,10+,11-,12?,13-,14-/m1/s1. The van der Waals surface area contributed by atoms with Gasteiger partial charge in [-0.05, 0) is 39.5 Å². The Morgan fingerprint density at radius 1 is 1.44 bits per heavy atom. The highest BCUT2D eigenvalue weighted by Gasteiger charge is 2.35. The van der Waals surface area contributed by atoms with Crippen LogP contribution in [0.1, 0.15) is 46.5 Å². The molecule has 4 heteroatoms. The normalized spacial score (nSPS) is 41.7. The first-order chi connectivity index (χ1) is 8.60. The van der Waals surface area contributed by atoms with Gasteiger partial charge in [0, 0.05) is 5.92 Å². The van der Waals surface area contributed by atoms with Gasteiger partial charge in [0.1, 0.15) is 0 Å². The van der Waals surface area contributed by atoms with E-state index < -0.39 is 0 Å². The molecule has 0 aromatic rings. The summed E-state index contributed by atoms with van der Waals surface area (Å²) in [4.78, 5) is 0. The quantitative estimate of drug-likeness (QED) is 0.741. The molecule has 0 radical (unpaired) electrons. The van der Waals surface area contributed by atoms with Crippen LogP contribution in [0.15, 0.2) is 0 Å². The number of epoxide rings is 1. The lowest BCUT2D eigenvalue weighted by Gasteiger charge is -2.38. The van der Waals surface area contributed by atoms with Crippen molar-refractivity contribution < 1.29 is 19.3 Å². The summed E-state index contributed by atoms with van der Waals surface area (Å²) >= 11 is 0. The maximum absolute atomic E-state index is 9.82. The largest absolute Gasteiger partial charge is 0.390 e. The van der Waals surface area contributed by atoms with Gasteiger partial charge in [-0.15, -0.1) is 0 Å². The van der Waals surface area contributed by atoms with E-state index in [0.717, 1.165) is 32.3 Å². The topological polar surface area (TPSA) is 51.2 Å². The molecule has 1 N–H and O–H groups in total. The molecule has 0 aromatic heterocycles. The Balaban J connectivity index is 1.77. The van der Waals surface area contributed by atoms with Crippen LogP contribution >= 0.6 is 0 Å². The summed E-state index contributed by atoms with van der Waals surface area (Å²) in [6.07, 6.45) is 3.85. The molecule has 2 heterocycles. The van der Waals surface area contributed by atoms with Crippen LogP contribution in [0.2, 0.25) is 0 Å². The van der Waals surface area contributed by atoms with E-state index >= 15 is 0 Å². The number of aliphatic hydroxyl groups is 1. The first-order valence-electron chi connectivity index (χ1n) is 7.20. The van der Waals surface area contributed by atoms with E-state index in [1.54, 1.807) is 0 Å². The van der Waals surface area contributed by atoms with E-state index in [1.807, 2.05) is 6.92 Å². The highest BCUT2D eigenvalue weighted by Crippen LogP contribution is 2.30. The molecular formula is C14H26O4. The second kappa shape index (κ2) is 6.33. The van der Waals surface area contributed by atoms with Crippen molar-refractivity contribution in [1.29, 1.82) is 0 Å². The average Bonchev–Trinajstić information content (AvgIpc) is 3.15. The minimum absolute atomic E-state index is 0.128. The van der Waals surface area contributed by atoms with Gasteiger partial charge in [0.2, 0.25) is 0 Å². The Morgan fingerprint density at radius 2 is 2.17 bits per heavy atom. The zero-order chi connectivity index (χ0) is 13.1. The third-order valence-corrected chi connectivity index (χ3v) is 4.01. The van der Waals surface area contributed by atoms with E-state index in [1.165, 1.54) is 0 Å². The summed E-state index contributed by atoms with van der Waals surface area (Å²) in [5, 5.41) is 9.82. The molecule has 0 aromatic carbocycles. The van der Waals surface area contributed by atoms with Crippen molar-refractivity contribution in [3.8, 4) is 0 Å². The van der Waals surface area contributed by atoms with Gasteiger partial charge in [0.15, 0.2) is 6.29 Å². The van der Waals surface area contributed by atoms with Crippen LogP contribution < -0.4 is 0 Å². The molecular weight excluding hydrogens is 232 g/mol. The molecule has 106 valence electrons. The van der Waals surface area contributed by atoms with Gasteiger partial charge >= 0.3 is 0 Å². The molecule has 6 atom stereocenters. The monoisotopic (exact) mass is 258 g/mol. The van der Waals surface area contributed by atoms with E-state index in [-0.39, 0.29) is 24.6 Å². The number of aliphatic hydroxyl groups excluding tert-OH is 1. The van der Waals surface area contributed by atoms with Crippen molar-refractivity contribution in [2.75, 3.05) is 6.61 Å². The summed E-state index contributed by atoms with van der Waals surface area (Å²) < 4.78 is 17.0. The van der Waals surface area contributed by atoms with Crippen molar-refractivity contribution in [3.05, 3.63) is 0 Å². The second-order valence-electron chi connectivity index (χ2n) is 5.66. The van der Waals surface area contributed by atoms with E-state index in [0.29, 0.717) is 12.0 Å². The van der Waals surface area contributed by atoms with Gasteiger partial charge in [-0.25, -0.2) is 0 Å². The summed E-state index contributed by atoms with van der Waals surface area (Å²) in [6, 6.07) is 0. The smallest absolute Gasteiger partial charge is 0.161 e. The van der Waals surface area contributed by atoms with Crippen LogP contribution in [0.5, 0.6) is 0 Å². The molecule has 1 unspecified atom stereocenters. The Bertz CT molecular complexity index is 254. The fourth-order valence-corrected chi connectivity index (χ4v) is 2.48. The first kappa shape index (κ1) is 14.3. The maximum atomic E-state index is 9.82. The SMILES string of the molecule is CC[C@@H]1C[C@@H](O)[C@H](C)O[C@H]1O[C@H](C)CCC1CO1. The average molecular weight is 258 g/mol. The lowest BCUT2D eigenvalue weighted by Crippen LogP contribution is -2.45. The van der Waals surface area contributed by atoms with Crippen molar-refractivity contribution >= 4 is 0 Å². The van der Waals surface area contributed by atoms with Crippen molar-refractivity contribution in [1.82, 2.24) is 0 Å². The fraction of sp³-hybridized carbons (Fsp3) is 1.00. The van der Waals surface area contributed by atoms with Gasteiger partial charge < -0.3 is 19.3 Å². The minimum Gasteiger partial charge on any atom is -0.390 e. The molecule has 0 aliphatic carbocycles. The zero-order valence-electron chi connectivity index (χ0n) is 11.7. The van der Waals surface area contributed by atoms with Crippen molar-refractivity contribution in [2.45, 2.75) is 77.2 Å². The van der Waals surface area contributed by atoms with Crippen LogP contribution in [-0.4, -0.2) is 42.4 Å². The Morgan fingerprint density at radius 3 is 2.78 bits per heavy atom. The number of hydrogen-bond donors (Lipinski definition) is 1. The molecule has 4 nitrogen and oxygen atoms in total. The molecule has 18 heavy (non-hydrogen) atoms. The molecule has 2 rings (SSSR count). The lowest BCUT2D eigenvalue weighted by atomic mass is 9.92. The summed E-state index contributed by atoms with van der Waals surface area (Å²) in [5.74, 6) is 0.302. The molecule has 2 aliphatic rings. The summed E-state index contributed by atoms with van der Waals surface area (Å²) in [7, 11) is 0. The number of hydrogen-bond acceptors (Lipinski definition) is 4. The summed E-state index contributed by atoms with van der Waals surface area (Å²) in [6.45, 7) is 7.03. The van der Waals surface area contributed by atoms with Gasteiger partial charge in [-0.1, -0.05) is 6.92 Å². The van der Waals surface area contributed by atoms with Gasteiger partial charge in [-0.3, -0.25) is 0 Å². The highest BCUT2D eigenvalue weighted by molar-refractivity contribution is 4.79. The predicted molar refractivity (Wildman–Crippen MR) is 68.3 cm³/mol. The predicted octanol–water partition coefficient (Wildman–Crippen LogP) is 2.09. The molecule has 0 saturated carbocycles. The highest BCUT2D eigenvalue weighted by atomic mass is 16.7. The third kappa shape index (κ3) is 3.92. The maximum Gasteiger partial charge on any atom is 0.161 e. The van der Waals surface area contributed by atoms with Crippen LogP contribution in [0.4, 0.5) is 0 Å². The summed E-state index contributed by atoms with van der Waals surface area (Å²) in [5.41, 5.74) is 0. The first-order valence-corrected chi connectivity index (χ1v) is 7.20. The van der Waals surface area contributed by atoms with E-state index in [2.05, 4.69) is 13.8 Å². The molecule has 0 bridgehead atoms. The molecule has 0 amide bonds. The number of ether oxygens (including phenoxy) is 3. The lowest BCUT2D eigenvalue weighted by molar-refractivity contribution is -0.258. The van der Waals surface area contributed by atoms with Gasteiger partial charge in [0.25, 0.3) is 0 Å². The van der Waals surface area contributed by atoms with Crippen molar-refractivity contribution in [2.24, 2.45) is 5.92 Å². The second-order valence-corrected chi connectivity index (χ2v) is 5.66. The Hall–Kier alpha value is -0.160. The fourth-order valence-electron chi connectivity index (χ4n) is 2.48. The van der Waals surface area contributed by atoms with Crippen LogP contribution in [-0.2, 0) is 14.2 Å². The van der Waals surface area contributed by atoms with Crippen LogP contribution in [0.3, 0.4) is 0 Å². The zero-order valence-corrected chi connectivity index (χ0v) is 11.7. The molecule has 2 saturated heterocycles. The molecule has 2 aliphatic heterocycles. The van der Waals surface area contributed by atoms with Gasteiger partial charge in [-0.2, -0.15) is 0 Å². The third-order valence-electron chi connectivity index (χ3n) is 4.01. The molecule has 0 spiro atoms. The van der Waals surface area contributed by atoms with Gasteiger partial charge in [0.05, 0.1) is 31.0 Å². The molecule has 2 fully saturated rings. The Labute approximate surface area is 110 Å². The van der Waals surface area contributed by atoms with E-state index in [4.69, 9.17) is 14.2 Å². The Kier molecular flexibility index (Phi) is 5.01. The number of rotatable bonds is 6. The van der Waals surface area contributed by atoms with Crippen LogP contribution in [0, 0.1) is 5.92 Å². The van der Waals surface area contributed by atoms with E-state index in [9.17, 15) is 5.11 Å².